The van der Waals surface area contributed by atoms with Gasteiger partial charge in [0, 0.05) is 19.0 Å². The molecule has 5 nitrogen and oxygen atoms in total. The molecule has 2 fully saturated rings. The number of nitrogens with zero attached hydrogens (tertiary/aromatic N) is 1. The molecule has 0 aromatic heterocycles. The highest BCUT2D eigenvalue weighted by Crippen LogP contribution is 2.35. The zero-order valence-electron chi connectivity index (χ0n) is 11.8. The molecule has 0 aromatic carbocycles. The average molecular weight is 268 g/mol. The van der Waals surface area contributed by atoms with Gasteiger partial charge in [0.1, 0.15) is 0 Å². The lowest BCUT2D eigenvalue weighted by Crippen LogP contribution is -2.44. The molecule has 19 heavy (non-hydrogen) atoms. The molecule has 1 atom stereocenters. The van der Waals surface area contributed by atoms with E-state index < -0.39 is 0 Å². The highest BCUT2D eigenvalue weighted by atomic mass is 16.3. The summed E-state index contributed by atoms with van der Waals surface area (Å²) in [6, 6.07) is 0.248. The van der Waals surface area contributed by atoms with Crippen molar-refractivity contribution in [1.82, 2.24) is 10.2 Å². The number of aliphatic hydroxyl groups is 1. The second-order valence-electron chi connectivity index (χ2n) is 5.85. The number of hydrogen-bond donors (Lipinski definition) is 2. The fourth-order valence-corrected chi connectivity index (χ4v) is 2.83. The Hall–Kier alpha value is -1.10. The van der Waals surface area contributed by atoms with Crippen LogP contribution >= 0.6 is 0 Å². The van der Waals surface area contributed by atoms with E-state index >= 15 is 0 Å². The Kier molecular flexibility index (Phi) is 4.13. The van der Waals surface area contributed by atoms with E-state index in [0.717, 1.165) is 25.7 Å². The molecule has 5 heteroatoms. The van der Waals surface area contributed by atoms with Gasteiger partial charge in [0.05, 0.1) is 18.1 Å². The van der Waals surface area contributed by atoms with Crippen LogP contribution in [0, 0.1) is 5.92 Å². The fourth-order valence-electron chi connectivity index (χ4n) is 2.83. The van der Waals surface area contributed by atoms with Gasteiger partial charge in [-0.3, -0.25) is 9.59 Å². The van der Waals surface area contributed by atoms with Crippen molar-refractivity contribution in [2.24, 2.45) is 5.92 Å². The predicted molar refractivity (Wildman–Crippen MR) is 71.4 cm³/mol. The van der Waals surface area contributed by atoms with Crippen molar-refractivity contribution in [3.63, 3.8) is 0 Å². The van der Waals surface area contributed by atoms with Crippen molar-refractivity contribution < 1.29 is 14.7 Å². The van der Waals surface area contributed by atoms with Crippen molar-refractivity contribution in [2.45, 2.75) is 57.5 Å². The molecular weight excluding hydrogens is 244 g/mol. The molecule has 1 aliphatic heterocycles. The van der Waals surface area contributed by atoms with E-state index in [1.54, 1.807) is 0 Å². The van der Waals surface area contributed by atoms with E-state index in [4.69, 9.17) is 0 Å². The Bertz CT molecular complexity index is 362. The third kappa shape index (κ3) is 2.91. The van der Waals surface area contributed by atoms with Crippen molar-refractivity contribution in [3.8, 4) is 0 Å². The van der Waals surface area contributed by atoms with Crippen LogP contribution in [-0.4, -0.2) is 46.6 Å². The lowest BCUT2D eigenvalue weighted by atomic mass is 10.1. The van der Waals surface area contributed by atoms with Gasteiger partial charge in [0.25, 0.3) is 0 Å². The highest BCUT2D eigenvalue weighted by molar-refractivity contribution is 5.89. The molecule has 1 heterocycles. The Labute approximate surface area is 114 Å². The van der Waals surface area contributed by atoms with Gasteiger partial charge < -0.3 is 15.3 Å². The second-order valence-corrected chi connectivity index (χ2v) is 5.85. The normalized spacial score (nSPS) is 24.9. The van der Waals surface area contributed by atoms with E-state index in [1.807, 2.05) is 4.90 Å². The SMILES string of the molecule is CCC(CC)N1CC(C(=O)NC2(CO)CC2)CC1=O. The zero-order chi connectivity index (χ0) is 14.0. The number of carbonyl (C=O) groups excluding carboxylic acids is 2. The van der Waals surface area contributed by atoms with Gasteiger partial charge in [-0.25, -0.2) is 0 Å². The number of amides is 2. The second kappa shape index (κ2) is 5.49. The minimum atomic E-state index is -0.386. The lowest BCUT2D eigenvalue weighted by Gasteiger charge is -2.26. The smallest absolute Gasteiger partial charge is 0.225 e. The number of nitrogens with one attached hydrogen (secondary N) is 1. The van der Waals surface area contributed by atoms with Crippen LogP contribution in [0.15, 0.2) is 0 Å². The standard InChI is InChI=1S/C14H24N2O3/c1-3-11(4-2)16-8-10(7-12(16)18)13(19)15-14(9-17)5-6-14/h10-11,17H,3-9H2,1-2H3,(H,15,19). The van der Waals surface area contributed by atoms with E-state index in [1.165, 1.54) is 0 Å². The predicted octanol–water partition coefficient (Wildman–Crippen LogP) is 0.665. The molecule has 0 radical (unpaired) electrons. The van der Waals surface area contributed by atoms with E-state index in [0.29, 0.717) is 13.0 Å². The maximum atomic E-state index is 12.1. The molecule has 1 aliphatic carbocycles. The summed E-state index contributed by atoms with van der Waals surface area (Å²) in [5.41, 5.74) is -0.386. The summed E-state index contributed by atoms with van der Waals surface area (Å²) in [4.78, 5) is 26.0. The van der Waals surface area contributed by atoms with Crippen molar-refractivity contribution >= 4 is 11.8 Å². The van der Waals surface area contributed by atoms with Crippen LogP contribution in [0.5, 0.6) is 0 Å². The molecule has 2 rings (SSSR count). The van der Waals surface area contributed by atoms with Gasteiger partial charge in [0.15, 0.2) is 0 Å². The number of carbonyl (C=O) groups is 2. The van der Waals surface area contributed by atoms with Crippen LogP contribution < -0.4 is 5.32 Å². The molecule has 1 saturated heterocycles. The minimum Gasteiger partial charge on any atom is -0.394 e. The van der Waals surface area contributed by atoms with Crippen LogP contribution in [-0.2, 0) is 9.59 Å². The topological polar surface area (TPSA) is 69.6 Å². The quantitative estimate of drug-likeness (QED) is 0.743. The van der Waals surface area contributed by atoms with Gasteiger partial charge in [-0.05, 0) is 25.7 Å². The van der Waals surface area contributed by atoms with Crippen LogP contribution in [0.2, 0.25) is 0 Å². The maximum Gasteiger partial charge on any atom is 0.225 e. The maximum absolute atomic E-state index is 12.1. The summed E-state index contributed by atoms with van der Waals surface area (Å²) in [7, 11) is 0. The molecule has 2 aliphatic rings. The number of hydrogen-bond acceptors (Lipinski definition) is 3. The Morgan fingerprint density at radius 2 is 2.11 bits per heavy atom. The van der Waals surface area contributed by atoms with Gasteiger partial charge >= 0.3 is 0 Å². The van der Waals surface area contributed by atoms with Crippen LogP contribution in [0.3, 0.4) is 0 Å². The summed E-state index contributed by atoms with van der Waals surface area (Å²) in [5, 5.41) is 12.1. The third-order valence-electron chi connectivity index (χ3n) is 4.46. The van der Waals surface area contributed by atoms with Gasteiger partial charge in [-0.2, -0.15) is 0 Å². The third-order valence-corrected chi connectivity index (χ3v) is 4.46. The van der Waals surface area contributed by atoms with Crippen molar-refractivity contribution in [2.75, 3.05) is 13.2 Å². The van der Waals surface area contributed by atoms with Gasteiger partial charge in [-0.15, -0.1) is 0 Å². The summed E-state index contributed by atoms with van der Waals surface area (Å²) < 4.78 is 0. The molecule has 1 unspecified atom stereocenters. The Morgan fingerprint density at radius 1 is 1.47 bits per heavy atom. The number of aliphatic hydroxyl groups excluding tert-OH is 1. The van der Waals surface area contributed by atoms with E-state index in [2.05, 4.69) is 19.2 Å². The molecule has 0 bridgehead atoms. The van der Waals surface area contributed by atoms with Crippen LogP contribution in [0.1, 0.15) is 46.0 Å². The molecule has 2 amide bonds. The van der Waals surface area contributed by atoms with Gasteiger partial charge in [0.2, 0.25) is 11.8 Å². The van der Waals surface area contributed by atoms with Gasteiger partial charge in [-0.1, -0.05) is 13.8 Å². The van der Waals surface area contributed by atoms with Crippen LogP contribution in [0.25, 0.3) is 0 Å². The summed E-state index contributed by atoms with van der Waals surface area (Å²) in [6.07, 6.45) is 3.84. The Morgan fingerprint density at radius 3 is 2.58 bits per heavy atom. The van der Waals surface area contributed by atoms with E-state index in [9.17, 15) is 14.7 Å². The molecule has 2 N–H and O–H groups in total. The summed E-state index contributed by atoms with van der Waals surface area (Å²) in [5.74, 6) is -0.242. The Balaban J connectivity index is 1.93. The fraction of sp³-hybridized carbons (Fsp3) is 0.857. The number of rotatable bonds is 6. The molecule has 0 aromatic rings. The van der Waals surface area contributed by atoms with Crippen molar-refractivity contribution in [3.05, 3.63) is 0 Å². The first-order valence-electron chi connectivity index (χ1n) is 7.27. The molecule has 1 saturated carbocycles. The van der Waals surface area contributed by atoms with Crippen molar-refractivity contribution in [1.29, 1.82) is 0 Å². The average Bonchev–Trinajstić information content (AvgIpc) is 3.07. The lowest BCUT2D eigenvalue weighted by molar-refractivity contribution is -0.130. The first-order chi connectivity index (χ1) is 9.05. The summed E-state index contributed by atoms with van der Waals surface area (Å²) in [6.45, 7) is 4.66. The molecule has 0 spiro atoms. The van der Waals surface area contributed by atoms with E-state index in [-0.39, 0.29) is 35.9 Å². The molecule has 108 valence electrons. The minimum absolute atomic E-state index is 0.00430. The molecular formula is C14H24N2O3. The first kappa shape index (κ1) is 14.3. The number of likely N-dealkylation sites (tertiary alicyclic amines) is 1. The summed E-state index contributed by atoms with van der Waals surface area (Å²) >= 11 is 0. The zero-order valence-corrected chi connectivity index (χ0v) is 11.8. The first-order valence-corrected chi connectivity index (χ1v) is 7.27. The van der Waals surface area contributed by atoms with Crippen LogP contribution in [0.4, 0.5) is 0 Å². The highest BCUT2D eigenvalue weighted by Gasteiger charge is 2.46. The largest absolute Gasteiger partial charge is 0.394 e. The monoisotopic (exact) mass is 268 g/mol.